The first-order valence-electron chi connectivity index (χ1n) is 4.98. The normalized spacial score (nSPS) is 9.94. The lowest BCUT2D eigenvalue weighted by molar-refractivity contribution is 0.408. The van der Waals surface area contributed by atoms with Crippen LogP contribution >= 0.6 is 11.6 Å². The SMILES string of the molecule is COc1ccc(Cl)cc1Cn1ccnc1C#N. The van der Waals surface area contributed by atoms with Gasteiger partial charge in [-0.1, -0.05) is 11.6 Å². The number of aromatic nitrogens is 2. The number of halogens is 1. The van der Waals surface area contributed by atoms with Crippen molar-refractivity contribution in [2.45, 2.75) is 6.54 Å². The molecule has 1 aromatic carbocycles. The van der Waals surface area contributed by atoms with E-state index in [1.54, 1.807) is 36.2 Å². The summed E-state index contributed by atoms with van der Waals surface area (Å²) in [6.45, 7) is 0.507. The van der Waals surface area contributed by atoms with Gasteiger partial charge >= 0.3 is 0 Å². The molecule has 0 amide bonds. The van der Waals surface area contributed by atoms with Crippen molar-refractivity contribution < 1.29 is 4.74 Å². The summed E-state index contributed by atoms with van der Waals surface area (Å²) in [4.78, 5) is 3.94. The van der Waals surface area contributed by atoms with Crippen LogP contribution < -0.4 is 4.74 Å². The summed E-state index contributed by atoms with van der Waals surface area (Å²) < 4.78 is 6.99. The van der Waals surface area contributed by atoms with Crippen molar-refractivity contribution in [2.24, 2.45) is 0 Å². The molecule has 5 heteroatoms. The molecule has 0 unspecified atom stereocenters. The van der Waals surface area contributed by atoms with Crippen molar-refractivity contribution in [3.05, 3.63) is 47.0 Å². The Balaban J connectivity index is 2.36. The Morgan fingerprint density at radius 3 is 3.06 bits per heavy atom. The highest BCUT2D eigenvalue weighted by Crippen LogP contribution is 2.23. The molecule has 0 N–H and O–H groups in total. The molecule has 4 nitrogen and oxygen atoms in total. The molecule has 0 spiro atoms. The molecule has 0 aliphatic carbocycles. The van der Waals surface area contributed by atoms with Gasteiger partial charge < -0.3 is 9.30 Å². The van der Waals surface area contributed by atoms with Gasteiger partial charge in [0, 0.05) is 23.0 Å². The maximum absolute atomic E-state index is 8.88. The third-order valence-electron chi connectivity index (χ3n) is 2.40. The Labute approximate surface area is 104 Å². The Kier molecular flexibility index (Phi) is 3.31. The molecule has 1 aromatic heterocycles. The molecule has 0 saturated carbocycles. The Bertz CT molecular complexity index is 571. The Morgan fingerprint density at radius 1 is 1.53 bits per heavy atom. The topological polar surface area (TPSA) is 50.8 Å². The number of hydrogen-bond acceptors (Lipinski definition) is 3. The number of nitriles is 1. The van der Waals surface area contributed by atoms with E-state index < -0.39 is 0 Å². The minimum atomic E-state index is 0.368. The van der Waals surface area contributed by atoms with E-state index in [9.17, 15) is 0 Å². The van der Waals surface area contributed by atoms with Crippen LogP contribution in [0.3, 0.4) is 0 Å². The van der Waals surface area contributed by atoms with Crippen molar-refractivity contribution in [3.8, 4) is 11.8 Å². The summed E-state index contributed by atoms with van der Waals surface area (Å²) >= 11 is 5.94. The molecule has 0 aliphatic rings. The zero-order valence-electron chi connectivity index (χ0n) is 9.22. The lowest BCUT2D eigenvalue weighted by atomic mass is 10.2. The number of benzene rings is 1. The fourth-order valence-corrected chi connectivity index (χ4v) is 1.80. The average molecular weight is 248 g/mol. The summed E-state index contributed by atoms with van der Waals surface area (Å²) in [7, 11) is 1.60. The van der Waals surface area contributed by atoms with Gasteiger partial charge in [-0.05, 0) is 18.2 Å². The third kappa shape index (κ3) is 2.40. The van der Waals surface area contributed by atoms with E-state index >= 15 is 0 Å². The van der Waals surface area contributed by atoms with Crippen molar-refractivity contribution in [1.29, 1.82) is 5.26 Å². The van der Waals surface area contributed by atoms with Gasteiger partial charge in [0.15, 0.2) is 0 Å². The highest BCUT2D eigenvalue weighted by Gasteiger charge is 2.07. The molecule has 0 fully saturated rings. The molecular formula is C12H10ClN3O. The molecule has 2 aromatic rings. The summed E-state index contributed by atoms with van der Waals surface area (Å²) in [5.74, 6) is 1.11. The fraction of sp³-hybridized carbons (Fsp3) is 0.167. The van der Waals surface area contributed by atoms with E-state index in [1.807, 2.05) is 12.1 Å². The monoisotopic (exact) mass is 247 g/mol. The van der Waals surface area contributed by atoms with E-state index in [1.165, 1.54) is 0 Å². The summed E-state index contributed by atoms with van der Waals surface area (Å²) in [5, 5.41) is 9.51. The Morgan fingerprint density at radius 2 is 2.35 bits per heavy atom. The van der Waals surface area contributed by atoms with E-state index in [2.05, 4.69) is 4.98 Å². The van der Waals surface area contributed by atoms with Crippen LogP contribution in [0, 0.1) is 11.3 Å². The minimum absolute atomic E-state index is 0.368. The summed E-state index contributed by atoms with van der Waals surface area (Å²) in [5.41, 5.74) is 0.912. The number of nitrogens with zero attached hydrogens (tertiary/aromatic N) is 3. The van der Waals surface area contributed by atoms with E-state index in [0.717, 1.165) is 11.3 Å². The molecule has 0 saturated heterocycles. The van der Waals surface area contributed by atoms with Gasteiger partial charge in [-0.15, -0.1) is 0 Å². The van der Waals surface area contributed by atoms with Crippen molar-refractivity contribution >= 4 is 11.6 Å². The number of ether oxygens (including phenoxy) is 1. The molecule has 0 aliphatic heterocycles. The van der Waals surface area contributed by atoms with Gasteiger partial charge in [0.2, 0.25) is 5.82 Å². The first kappa shape index (κ1) is 11.5. The van der Waals surface area contributed by atoms with Crippen molar-refractivity contribution in [1.82, 2.24) is 9.55 Å². The highest BCUT2D eigenvalue weighted by molar-refractivity contribution is 6.30. The zero-order chi connectivity index (χ0) is 12.3. The van der Waals surface area contributed by atoms with Crippen LogP contribution in [0.2, 0.25) is 5.02 Å². The molecule has 17 heavy (non-hydrogen) atoms. The van der Waals surface area contributed by atoms with Crippen LogP contribution in [0.1, 0.15) is 11.4 Å². The minimum Gasteiger partial charge on any atom is -0.496 e. The molecule has 0 bridgehead atoms. The largest absolute Gasteiger partial charge is 0.496 e. The van der Waals surface area contributed by atoms with Crippen LogP contribution in [0.25, 0.3) is 0 Å². The van der Waals surface area contributed by atoms with E-state index in [-0.39, 0.29) is 0 Å². The van der Waals surface area contributed by atoms with Gasteiger partial charge in [-0.2, -0.15) is 5.26 Å². The van der Waals surface area contributed by atoms with Crippen LogP contribution in [-0.4, -0.2) is 16.7 Å². The number of imidazole rings is 1. The lowest BCUT2D eigenvalue weighted by Gasteiger charge is -2.09. The van der Waals surface area contributed by atoms with Crippen LogP contribution in [-0.2, 0) is 6.54 Å². The standard InChI is InChI=1S/C12H10ClN3O/c1-17-11-3-2-10(13)6-9(11)8-16-5-4-15-12(16)7-14/h2-6H,8H2,1H3. The van der Waals surface area contributed by atoms with Gasteiger partial charge in [0.05, 0.1) is 13.7 Å². The number of rotatable bonds is 3. The van der Waals surface area contributed by atoms with Crippen molar-refractivity contribution in [2.75, 3.05) is 7.11 Å². The van der Waals surface area contributed by atoms with E-state index in [0.29, 0.717) is 17.4 Å². The molecule has 0 atom stereocenters. The van der Waals surface area contributed by atoms with Crippen LogP contribution in [0.4, 0.5) is 0 Å². The summed E-state index contributed by atoms with van der Waals surface area (Å²) in [6, 6.07) is 7.42. The molecule has 2 rings (SSSR count). The van der Waals surface area contributed by atoms with Crippen LogP contribution in [0.15, 0.2) is 30.6 Å². The van der Waals surface area contributed by atoms with Crippen LogP contribution in [0.5, 0.6) is 5.75 Å². The number of hydrogen-bond donors (Lipinski definition) is 0. The fourth-order valence-electron chi connectivity index (χ4n) is 1.60. The first-order valence-corrected chi connectivity index (χ1v) is 5.36. The van der Waals surface area contributed by atoms with Gasteiger partial charge in [-0.3, -0.25) is 0 Å². The highest BCUT2D eigenvalue weighted by atomic mass is 35.5. The second-order valence-corrected chi connectivity index (χ2v) is 3.88. The number of methoxy groups -OCH3 is 1. The molecular weight excluding hydrogens is 238 g/mol. The average Bonchev–Trinajstić information content (AvgIpc) is 2.77. The molecule has 1 heterocycles. The second kappa shape index (κ2) is 4.89. The quantitative estimate of drug-likeness (QED) is 0.837. The predicted octanol–water partition coefficient (Wildman–Crippen LogP) is 2.47. The zero-order valence-corrected chi connectivity index (χ0v) is 9.98. The van der Waals surface area contributed by atoms with Crippen molar-refractivity contribution in [3.63, 3.8) is 0 Å². The molecule has 86 valence electrons. The smallest absolute Gasteiger partial charge is 0.213 e. The van der Waals surface area contributed by atoms with Gasteiger partial charge in [0.25, 0.3) is 0 Å². The predicted molar refractivity (Wildman–Crippen MR) is 64.0 cm³/mol. The second-order valence-electron chi connectivity index (χ2n) is 3.45. The third-order valence-corrected chi connectivity index (χ3v) is 2.63. The van der Waals surface area contributed by atoms with Gasteiger partial charge in [-0.25, -0.2) is 4.98 Å². The lowest BCUT2D eigenvalue weighted by Crippen LogP contribution is -2.03. The van der Waals surface area contributed by atoms with E-state index in [4.69, 9.17) is 21.6 Å². The maximum atomic E-state index is 8.88. The summed E-state index contributed by atoms with van der Waals surface area (Å²) in [6.07, 6.45) is 3.34. The van der Waals surface area contributed by atoms with Gasteiger partial charge in [0.1, 0.15) is 11.8 Å². The Hall–Kier alpha value is -1.99. The first-order chi connectivity index (χ1) is 8.24. The maximum Gasteiger partial charge on any atom is 0.213 e. The molecule has 0 radical (unpaired) electrons.